The van der Waals surface area contributed by atoms with Gasteiger partial charge in [-0.25, -0.2) is 26.4 Å². The number of sulfonamides is 1. The average molecular weight is 392 g/mol. The van der Waals surface area contributed by atoms with Crippen LogP contribution in [0.25, 0.3) is 0 Å². The number of benzene rings is 1. The second-order valence-electron chi connectivity index (χ2n) is 5.89. The summed E-state index contributed by atoms with van der Waals surface area (Å²) in [5.41, 5.74) is 0.270. The molecule has 1 heterocycles. The van der Waals surface area contributed by atoms with Crippen molar-refractivity contribution < 1.29 is 31.8 Å². The Morgan fingerprint density at radius 1 is 1.28 bits per heavy atom. The molecule has 0 unspecified atom stereocenters. The van der Waals surface area contributed by atoms with Crippen LogP contribution >= 0.6 is 0 Å². The van der Waals surface area contributed by atoms with Gasteiger partial charge in [-0.3, -0.25) is 0 Å². The lowest BCUT2D eigenvalue weighted by Crippen LogP contribution is -2.42. The molecule has 1 aliphatic heterocycles. The highest BCUT2D eigenvalue weighted by Crippen LogP contribution is 2.17. The van der Waals surface area contributed by atoms with Crippen LogP contribution in [0.2, 0.25) is 0 Å². The highest BCUT2D eigenvalue weighted by molar-refractivity contribution is 7.91. The lowest BCUT2D eigenvalue weighted by Gasteiger charge is -2.15. The monoisotopic (exact) mass is 392 g/mol. The Hall–Kier alpha value is -1.53. The normalized spacial score (nSPS) is 22.8. The molecule has 1 aromatic carbocycles. The van der Waals surface area contributed by atoms with E-state index in [1.165, 1.54) is 12.1 Å². The van der Waals surface area contributed by atoms with Crippen LogP contribution in [0.1, 0.15) is 15.9 Å². The van der Waals surface area contributed by atoms with Crippen LogP contribution in [-0.4, -0.2) is 69.8 Å². The quantitative estimate of drug-likeness (QED) is 0.419. The van der Waals surface area contributed by atoms with Crippen molar-refractivity contribution in [1.29, 1.82) is 0 Å². The number of carboxylic acids is 1. The van der Waals surface area contributed by atoms with Gasteiger partial charge in [0.05, 0.1) is 28.1 Å². The van der Waals surface area contributed by atoms with Crippen molar-refractivity contribution in [2.75, 3.05) is 24.6 Å². The molecular formula is C14H20N2O7S2. The Morgan fingerprint density at radius 2 is 1.96 bits per heavy atom. The van der Waals surface area contributed by atoms with E-state index in [1.807, 2.05) is 0 Å². The summed E-state index contributed by atoms with van der Waals surface area (Å²) in [7, 11) is -7.19. The van der Waals surface area contributed by atoms with Gasteiger partial charge >= 0.3 is 5.97 Å². The fourth-order valence-electron chi connectivity index (χ4n) is 2.57. The van der Waals surface area contributed by atoms with Gasteiger partial charge in [0.25, 0.3) is 0 Å². The van der Waals surface area contributed by atoms with Crippen LogP contribution in [0.15, 0.2) is 23.1 Å². The van der Waals surface area contributed by atoms with E-state index in [0.29, 0.717) is 5.56 Å². The number of hydrogen-bond donors (Lipinski definition) is 4. The van der Waals surface area contributed by atoms with Gasteiger partial charge < -0.3 is 15.5 Å². The SMILES string of the molecule is Cc1ccc(C(=O)O)cc1S(=O)(=O)NCCN[C@H]1CS(=O)(=O)C[C@H]1O. The smallest absolute Gasteiger partial charge is 0.335 e. The van der Waals surface area contributed by atoms with Gasteiger partial charge in [0.1, 0.15) is 0 Å². The molecule has 1 fully saturated rings. The molecule has 140 valence electrons. The van der Waals surface area contributed by atoms with E-state index in [9.17, 15) is 26.7 Å². The summed E-state index contributed by atoms with van der Waals surface area (Å²) < 4.78 is 49.7. The number of sulfone groups is 1. The predicted molar refractivity (Wildman–Crippen MR) is 89.8 cm³/mol. The highest BCUT2D eigenvalue weighted by atomic mass is 32.2. The standard InChI is InChI=1S/C14H20N2O7S2/c1-9-2-3-10(14(18)19)6-13(9)25(22,23)16-5-4-15-11-7-24(20,21)8-12(11)17/h2-3,6,11-12,15-17H,4-5,7-8H2,1H3,(H,18,19)/t11-,12+/m0/s1. The van der Waals surface area contributed by atoms with Crippen molar-refractivity contribution in [3.05, 3.63) is 29.3 Å². The lowest BCUT2D eigenvalue weighted by atomic mass is 10.1. The van der Waals surface area contributed by atoms with Crippen molar-refractivity contribution in [2.45, 2.75) is 24.0 Å². The summed E-state index contributed by atoms with van der Waals surface area (Å²) >= 11 is 0. The number of carbonyl (C=O) groups is 1. The fraction of sp³-hybridized carbons (Fsp3) is 0.500. The molecular weight excluding hydrogens is 372 g/mol. The zero-order chi connectivity index (χ0) is 18.8. The van der Waals surface area contributed by atoms with Gasteiger partial charge in [0, 0.05) is 19.1 Å². The third-order valence-electron chi connectivity index (χ3n) is 3.87. The van der Waals surface area contributed by atoms with Crippen molar-refractivity contribution in [1.82, 2.24) is 10.0 Å². The molecule has 0 bridgehead atoms. The van der Waals surface area contributed by atoms with E-state index < -0.39 is 38.0 Å². The third kappa shape index (κ3) is 4.98. The Morgan fingerprint density at radius 3 is 2.52 bits per heavy atom. The number of aromatic carboxylic acids is 1. The van der Waals surface area contributed by atoms with Crippen molar-refractivity contribution in [3.8, 4) is 0 Å². The maximum Gasteiger partial charge on any atom is 0.335 e. The zero-order valence-electron chi connectivity index (χ0n) is 13.5. The van der Waals surface area contributed by atoms with Gasteiger partial charge in [-0.1, -0.05) is 6.07 Å². The summed E-state index contributed by atoms with van der Waals surface area (Å²) in [6, 6.07) is 3.18. The first-order valence-corrected chi connectivity index (χ1v) is 10.8. The Labute approximate surface area is 146 Å². The number of carboxylic acid groups (broad SMARTS) is 1. The van der Waals surface area contributed by atoms with E-state index in [0.717, 1.165) is 6.07 Å². The van der Waals surface area contributed by atoms with E-state index >= 15 is 0 Å². The molecule has 2 atom stereocenters. The number of aliphatic hydroxyl groups excluding tert-OH is 1. The minimum atomic E-state index is -3.91. The summed E-state index contributed by atoms with van der Waals surface area (Å²) in [5.74, 6) is -1.73. The third-order valence-corrected chi connectivity index (χ3v) is 7.19. The van der Waals surface area contributed by atoms with Crippen molar-refractivity contribution in [3.63, 3.8) is 0 Å². The maximum atomic E-state index is 12.3. The van der Waals surface area contributed by atoms with Gasteiger partial charge in [-0.05, 0) is 24.6 Å². The van der Waals surface area contributed by atoms with E-state index in [2.05, 4.69) is 10.0 Å². The molecule has 1 aliphatic rings. The molecule has 0 saturated carbocycles. The molecule has 0 spiro atoms. The molecule has 25 heavy (non-hydrogen) atoms. The summed E-state index contributed by atoms with van der Waals surface area (Å²) in [6.45, 7) is 1.63. The molecule has 0 amide bonds. The summed E-state index contributed by atoms with van der Waals surface area (Å²) in [4.78, 5) is 10.9. The van der Waals surface area contributed by atoms with Gasteiger partial charge in [-0.15, -0.1) is 0 Å². The molecule has 11 heteroatoms. The molecule has 0 radical (unpaired) electrons. The molecule has 4 N–H and O–H groups in total. The first-order chi connectivity index (χ1) is 11.5. The molecule has 0 aliphatic carbocycles. The number of nitrogens with one attached hydrogen (secondary N) is 2. The fourth-order valence-corrected chi connectivity index (χ4v) is 5.64. The molecule has 1 aromatic rings. The second-order valence-corrected chi connectivity index (χ2v) is 9.78. The van der Waals surface area contributed by atoms with Crippen LogP contribution in [0.5, 0.6) is 0 Å². The van der Waals surface area contributed by atoms with Gasteiger partial charge in [0.2, 0.25) is 10.0 Å². The lowest BCUT2D eigenvalue weighted by molar-refractivity contribution is 0.0696. The van der Waals surface area contributed by atoms with Gasteiger partial charge in [0.15, 0.2) is 9.84 Å². The van der Waals surface area contributed by atoms with Crippen molar-refractivity contribution in [2.24, 2.45) is 0 Å². The number of rotatable bonds is 7. The zero-order valence-corrected chi connectivity index (χ0v) is 15.1. The predicted octanol–water partition coefficient (Wildman–Crippen LogP) is -1.28. The molecule has 2 rings (SSSR count). The number of aliphatic hydroxyl groups is 1. The van der Waals surface area contributed by atoms with Gasteiger partial charge in [-0.2, -0.15) is 0 Å². The maximum absolute atomic E-state index is 12.3. The van der Waals surface area contributed by atoms with E-state index in [4.69, 9.17) is 5.11 Å². The minimum absolute atomic E-state index is 0.0393. The summed E-state index contributed by atoms with van der Waals surface area (Å²) in [6.07, 6.45) is -1.02. The molecule has 0 aromatic heterocycles. The van der Waals surface area contributed by atoms with Crippen LogP contribution in [0.4, 0.5) is 0 Å². The largest absolute Gasteiger partial charge is 0.478 e. The minimum Gasteiger partial charge on any atom is -0.478 e. The first kappa shape index (κ1) is 19.8. The number of hydrogen-bond acceptors (Lipinski definition) is 7. The highest BCUT2D eigenvalue weighted by Gasteiger charge is 2.35. The Bertz CT molecular complexity index is 865. The average Bonchev–Trinajstić information content (AvgIpc) is 2.76. The number of aryl methyl sites for hydroxylation is 1. The first-order valence-electron chi connectivity index (χ1n) is 7.47. The van der Waals surface area contributed by atoms with E-state index in [-0.39, 0.29) is 35.1 Å². The van der Waals surface area contributed by atoms with Crippen LogP contribution in [-0.2, 0) is 19.9 Å². The second kappa shape index (κ2) is 7.38. The van der Waals surface area contributed by atoms with Crippen LogP contribution < -0.4 is 10.0 Å². The Balaban J connectivity index is 1.96. The van der Waals surface area contributed by atoms with Crippen molar-refractivity contribution >= 4 is 25.8 Å². The summed E-state index contributed by atoms with van der Waals surface area (Å²) in [5, 5.41) is 21.4. The molecule has 1 saturated heterocycles. The van der Waals surface area contributed by atoms with Crippen LogP contribution in [0, 0.1) is 6.92 Å². The molecule has 9 nitrogen and oxygen atoms in total. The topological polar surface area (TPSA) is 150 Å². The van der Waals surface area contributed by atoms with Crippen LogP contribution in [0.3, 0.4) is 0 Å². The Kier molecular flexibility index (Phi) is 5.84. The van der Waals surface area contributed by atoms with E-state index in [1.54, 1.807) is 6.92 Å².